The van der Waals surface area contributed by atoms with E-state index in [1.807, 2.05) is 0 Å². The first-order valence-electron chi connectivity index (χ1n) is 5.90. The lowest BCUT2D eigenvalue weighted by atomic mass is 10.2. The van der Waals surface area contributed by atoms with Crippen molar-refractivity contribution in [1.82, 2.24) is 20.7 Å². The summed E-state index contributed by atoms with van der Waals surface area (Å²) in [4.78, 5) is 0. The summed E-state index contributed by atoms with van der Waals surface area (Å²) in [5.41, 5.74) is 0. The van der Waals surface area contributed by atoms with Gasteiger partial charge in [-0.3, -0.25) is 0 Å². The van der Waals surface area contributed by atoms with E-state index in [0.717, 1.165) is 6.54 Å². The van der Waals surface area contributed by atoms with Crippen LogP contribution in [0.1, 0.15) is 25.5 Å². The molecule has 0 aromatic carbocycles. The molecule has 0 fully saturated rings. The summed E-state index contributed by atoms with van der Waals surface area (Å²) in [5, 5.41) is 17.6. The Balaban J connectivity index is 1.75. The van der Waals surface area contributed by atoms with E-state index in [1.165, 1.54) is 0 Å². The van der Waals surface area contributed by atoms with Gasteiger partial charge in [-0.25, -0.2) is 0 Å². The van der Waals surface area contributed by atoms with Crippen molar-refractivity contribution < 1.29 is 8.94 Å². The summed E-state index contributed by atoms with van der Waals surface area (Å²) in [6.45, 7) is 6.26. The number of nitrogens with one attached hydrogen (secondary N) is 2. The highest BCUT2D eigenvalue weighted by molar-refractivity contribution is 5.18. The first-order valence-corrected chi connectivity index (χ1v) is 5.90. The second-order valence-corrected chi connectivity index (χ2v) is 4.36. The topological polar surface area (TPSA) is 89.0 Å². The first kappa shape index (κ1) is 12.6. The minimum absolute atomic E-state index is 0.382. The molecule has 0 radical (unpaired) electrons. The van der Waals surface area contributed by atoms with Gasteiger partial charge in [0.2, 0.25) is 5.89 Å². The van der Waals surface area contributed by atoms with Crippen LogP contribution in [-0.4, -0.2) is 21.9 Å². The molecule has 98 valence electrons. The monoisotopic (exact) mass is 251 g/mol. The second kappa shape index (κ2) is 6.15. The van der Waals surface area contributed by atoms with Crippen LogP contribution in [0, 0.1) is 5.92 Å². The highest BCUT2D eigenvalue weighted by Gasteiger charge is 2.06. The molecular weight excluding hydrogens is 234 g/mol. The normalized spacial score (nSPS) is 11.1. The highest BCUT2D eigenvalue weighted by atomic mass is 16.5. The van der Waals surface area contributed by atoms with E-state index in [1.54, 1.807) is 12.3 Å². The average Bonchev–Trinajstić information content (AvgIpc) is 2.96. The molecule has 0 unspecified atom stereocenters. The van der Waals surface area contributed by atoms with Crippen LogP contribution < -0.4 is 10.6 Å². The third kappa shape index (κ3) is 3.85. The van der Waals surface area contributed by atoms with Crippen molar-refractivity contribution in [2.75, 3.05) is 11.9 Å². The maximum Gasteiger partial charge on any atom is 0.315 e. The van der Waals surface area contributed by atoms with Crippen molar-refractivity contribution in [2.24, 2.45) is 5.92 Å². The van der Waals surface area contributed by atoms with Crippen LogP contribution in [0.3, 0.4) is 0 Å². The van der Waals surface area contributed by atoms with Gasteiger partial charge in [0.05, 0.1) is 19.3 Å². The second-order valence-electron chi connectivity index (χ2n) is 4.36. The van der Waals surface area contributed by atoms with Crippen molar-refractivity contribution in [3.63, 3.8) is 0 Å². The number of nitrogens with zero attached hydrogens (tertiary/aromatic N) is 3. The van der Waals surface area contributed by atoms with Gasteiger partial charge in [0.25, 0.3) is 0 Å². The molecule has 0 aliphatic rings. The molecule has 0 saturated carbocycles. The van der Waals surface area contributed by atoms with Gasteiger partial charge in [-0.1, -0.05) is 24.1 Å². The molecule has 2 aromatic rings. The molecule has 0 atom stereocenters. The largest absolute Gasteiger partial charge is 0.407 e. The lowest BCUT2D eigenvalue weighted by Gasteiger charge is -2.03. The molecule has 0 amide bonds. The zero-order chi connectivity index (χ0) is 12.8. The fraction of sp³-hybridized carbons (Fsp3) is 0.545. The Kier molecular flexibility index (Phi) is 4.30. The zero-order valence-corrected chi connectivity index (χ0v) is 10.5. The van der Waals surface area contributed by atoms with Crippen LogP contribution in [-0.2, 0) is 13.1 Å². The number of rotatable bonds is 7. The fourth-order valence-electron chi connectivity index (χ4n) is 1.36. The summed E-state index contributed by atoms with van der Waals surface area (Å²) < 4.78 is 10.3. The van der Waals surface area contributed by atoms with E-state index in [9.17, 15) is 0 Å². The quantitative estimate of drug-likeness (QED) is 0.769. The fourth-order valence-corrected chi connectivity index (χ4v) is 1.36. The van der Waals surface area contributed by atoms with Crippen LogP contribution in [0.15, 0.2) is 21.2 Å². The van der Waals surface area contributed by atoms with Gasteiger partial charge < -0.3 is 19.6 Å². The maximum atomic E-state index is 5.41. The van der Waals surface area contributed by atoms with Crippen molar-refractivity contribution in [3.05, 3.63) is 23.9 Å². The summed E-state index contributed by atoms with van der Waals surface area (Å²) in [7, 11) is 0. The SMILES string of the molecule is CC(C)CNCc1nnc(NCc2ccno2)o1. The molecular formula is C11H17N5O2. The number of hydrogen-bond acceptors (Lipinski definition) is 7. The van der Waals surface area contributed by atoms with Crippen LogP contribution in [0.4, 0.5) is 6.01 Å². The number of aromatic nitrogens is 3. The highest BCUT2D eigenvalue weighted by Crippen LogP contribution is 2.07. The first-order chi connectivity index (χ1) is 8.74. The molecule has 0 bridgehead atoms. The van der Waals surface area contributed by atoms with E-state index in [4.69, 9.17) is 8.94 Å². The van der Waals surface area contributed by atoms with Gasteiger partial charge in [0.1, 0.15) is 0 Å². The Morgan fingerprint density at radius 3 is 2.89 bits per heavy atom. The Hall–Kier alpha value is -1.89. The smallest absolute Gasteiger partial charge is 0.315 e. The summed E-state index contributed by atoms with van der Waals surface area (Å²) >= 11 is 0. The Bertz CT molecular complexity index is 452. The number of anilines is 1. The Labute approximate surface area is 105 Å². The third-order valence-electron chi connectivity index (χ3n) is 2.20. The lowest BCUT2D eigenvalue weighted by molar-refractivity contribution is 0.386. The van der Waals surface area contributed by atoms with Crippen LogP contribution in [0.2, 0.25) is 0 Å². The van der Waals surface area contributed by atoms with E-state index in [-0.39, 0.29) is 0 Å². The molecule has 0 aliphatic carbocycles. The molecule has 7 nitrogen and oxygen atoms in total. The van der Waals surface area contributed by atoms with Crippen LogP contribution >= 0.6 is 0 Å². The predicted octanol–water partition coefficient (Wildman–Crippen LogP) is 1.42. The Morgan fingerprint density at radius 1 is 1.28 bits per heavy atom. The van der Waals surface area contributed by atoms with E-state index in [0.29, 0.717) is 36.7 Å². The van der Waals surface area contributed by atoms with Gasteiger partial charge in [-0.2, -0.15) is 0 Å². The average molecular weight is 251 g/mol. The minimum Gasteiger partial charge on any atom is -0.407 e. The lowest BCUT2D eigenvalue weighted by Crippen LogP contribution is -2.19. The van der Waals surface area contributed by atoms with E-state index >= 15 is 0 Å². The third-order valence-corrected chi connectivity index (χ3v) is 2.20. The van der Waals surface area contributed by atoms with E-state index in [2.05, 4.69) is 39.8 Å². The molecule has 18 heavy (non-hydrogen) atoms. The minimum atomic E-state index is 0.382. The summed E-state index contributed by atoms with van der Waals surface area (Å²) in [5.74, 6) is 1.88. The molecule has 2 N–H and O–H groups in total. The molecule has 0 spiro atoms. The predicted molar refractivity (Wildman–Crippen MR) is 64.7 cm³/mol. The van der Waals surface area contributed by atoms with E-state index < -0.39 is 0 Å². The number of hydrogen-bond donors (Lipinski definition) is 2. The molecule has 2 rings (SSSR count). The van der Waals surface area contributed by atoms with Crippen molar-refractivity contribution in [1.29, 1.82) is 0 Å². The van der Waals surface area contributed by atoms with Gasteiger partial charge in [-0.15, -0.1) is 5.10 Å². The van der Waals surface area contributed by atoms with Crippen LogP contribution in [0.25, 0.3) is 0 Å². The zero-order valence-electron chi connectivity index (χ0n) is 10.5. The standard InChI is InChI=1S/C11H17N5O2/c1-8(2)5-12-7-10-15-16-11(17-10)13-6-9-3-4-14-18-9/h3-4,8,12H,5-7H2,1-2H3,(H,13,16). The summed E-state index contributed by atoms with van der Waals surface area (Å²) in [6.07, 6.45) is 1.59. The molecule has 2 heterocycles. The van der Waals surface area contributed by atoms with Crippen molar-refractivity contribution in [2.45, 2.75) is 26.9 Å². The van der Waals surface area contributed by atoms with Crippen molar-refractivity contribution in [3.8, 4) is 0 Å². The van der Waals surface area contributed by atoms with Gasteiger partial charge in [0, 0.05) is 6.07 Å². The van der Waals surface area contributed by atoms with Gasteiger partial charge >= 0.3 is 6.01 Å². The Morgan fingerprint density at radius 2 is 2.17 bits per heavy atom. The molecule has 0 aliphatic heterocycles. The van der Waals surface area contributed by atoms with Crippen LogP contribution in [0.5, 0.6) is 0 Å². The molecule has 7 heteroatoms. The maximum absolute atomic E-state index is 5.41. The molecule has 2 aromatic heterocycles. The van der Waals surface area contributed by atoms with Gasteiger partial charge in [-0.05, 0) is 12.5 Å². The van der Waals surface area contributed by atoms with Gasteiger partial charge in [0.15, 0.2) is 5.76 Å². The molecule has 0 saturated heterocycles. The summed E-state index contributed by atoms with van der Waals surface area (Å²) in [6, 6.07) is 2.15. The van der Waals surface area contributed by atoms with Crippen molar-refractivity contribution >= 4 is 6.01 Å².